The zero-order chi connectivity index (χ0) is 47.8. The number of aromatic hydroxyl groups is 4. The summed E-state index contributed by atoms with van der Waals surface area (Å²) < 4.78 is 10.5. The fraction of sp³-hybridized carbons (Fsp3) is 0.241. The molecule has 10 nitrogen and oxygen atoms in total. The second-order valence-electron chi connectivity index (χ2n) is 16.6. The minimum atomic E-state index is 0.0528. The molecule has 0 spiro atoms. The average Bonchev–Trinajstić information content (AvgIpc) is 3.38. The first-order valence-corrected chi connectivity index (χ1v) is 23.5. The maximum Gasteiger partial charge on any atom is 0.167 e. The number of aromatic nitrogens is 4. The summed E-state index contributed by atoms with van der Waals surface area (Å²) in [4.78, 5) is 19.1. The third-order valence-corrected chi connectivity index (χ3v) is 11.9. The molecule has 0 amide bonds. The van der Waals surface area contributed by atoms with Crippen LogP contribution >= 0.6 is 0 Å². The van der Waals surface area contributed by atoms with Gasteiger partial charge in [0.2, 0.25) is 0 Å². The summed E-state index contributed by atoms with van der Waals surface area (Å²) in [5.74, 6) is 1.50. The van der Waals surface area contributed by atoms with Gasteiger partial charge in [-0.15, -0.1) is 0 Å². The number of rotatable bonds is 18. The van der Waals surface area contributed by atoms with Crippen LogP contribution in [-0.4, -0.2) is 54.6 Å². The van der Waals surface area contributed by atoms with Crippen molar-refractivity contribution >= 4 is 0 Å². The van der Waals surface area contributed by atoms with Gasteiger partial charge in [-0.3, -0.25) is 0 Å². The van der Waals surface area contributed by atoms with Crippen molar-refractivity contribution in [2.24, 2.45) is 0 Å². The van der Waals surface area contributed by atoms with Crippen molar-refractivity contribution in [3.05, 3.63) is 157 Å². The second-order valence-corrected chi connectivity index (χ2v) is 16.6. The quantitative estimate of drug-likeness (QED) is 0.0613. The van der Waals surface area contributed by atoms with E-state index >= 15 is 0 Å². The van der Waals surface area contributed by atoms with E-state index in [1.54, 1.807) is 24.3 Å². The Balaban J connectivity index is 0.000000201. The Kier molecular flexibility index (Phi) is 16.8. The largest absolute Gasteiger partial charge is 0.507 e. The number of phenols is 4. The number of nitrogens with zero attached hydrogens (tertiary/aromatic N) is 4. The molecule has 0 saturated heterocycles. The number of unbranched alkanes of at least 4 members (excludes halogenated alkanes) is 6. The first-order chi connectivity index (χ1) is 33.2. The van der Waals surface area contributed by atoms with Crippen molar-refractivity contribution < 1.29 is 29.9 Å². The summed E-state index contributed by atoms with van der Waals surface area (Å²) in [5.41, 5.74) is 9.89. The standard InChI is InChI=1S/2C29H30N2O3/c2*1-3-4-5-6-11-20-12-7-13-21(28(20)32)23-15-9-17-25(30-23)26-18-10-16-24(31-26)22-14-8-19-27(34-2)29(22)33/h2*7-10,12-19,32-33H,3-6,11H2,1-2H3. The van der Waals surface area contributed by atoms with Crippen LogP contribution in [0.25, 0.3) is 67.8 Å². The van der Waals surface area contributed by atoms with E-state index in [1.165, 1.54) is 52.7 Å². The van der Waals surface area contributed by atoms with Gasteiger partial charge in [0.15, 0.2) is 23.0 Å². The van der Waals surface area contributed by atoms with Gasteiger partial charge in [0.05, 0.1) is 59.8 Å². The highest BCUT2D eigenvalue weighted by atomic mass is 16.5. The van der Waals surface area contributed by atoms with Crippen LogP contribution in [0.2, 0.25) is 0 Å². The first-order valence-electron chi connectivity index (χ1n) is 23.5. The highest BCUT2D eigenvalue weighted by Gasteiger charge is 2.17. The van der Waals surface area contributed by atoms with E-state index in [4.69, 9.17) is 29.4 Å². The lowest BCUT2D eigenvalue weighted by molar-refractivity contribution is 0.374. The maximum absolute atomic E-state index is 10.9. The van der Waals surface area contributed by atoms with Crippen LogP contribution in [0.3, 0.4) is 0 Å². The summed E-state index contributed by atoms with van der Waals surface area (Å²) in [6, 6.07) is 45.0. The molecule has 4 aromatic carbocycles. The predicted molar refractivity (Wildman–Crippen MR) is 272 cm³/mol. The van der Waals surface area contributed by atoms with Gasteiger partial charge in [0, 0.05) is 22.3 Å². The van der Waals surface area contributed by atoms with Gasteiger partial charge in [0.1, 0.15) is 11.5 Å². The van der Waals surface area contributed by atoms with E-state index in [9.17, 15) is 20.4 Å². The van der Waals surface area contributed by atoms with Crippen molar-refractivity contribution in [3.63, 3.8) is 0 Å². The summed E-state index contributed by atoms with van der Waals surface area (Å²) in [5, 5.41) is 42.9. The fourth-order valence-corrected chi connectivity index (χ4v) is 8.18. The number of hydrogen-bond donors (Lipinski definition) is 4. The molecule has 0 aliphatic heterocycles. The van der Waals surface area contributed by atoms with Crippen molar-refractivity contribution in [2.45, 2.75) is 78.1 Å². The van der Waals surface area contributed by atoms with Crippen molar-refractivity contribution in [1.29, 1.82) is 0 Å². The van der Waals surface area contributed by atoms with Crippen LogP contribution in [0.5, 0.6) is 34.5 Å². The minimum absolute atomic E-state index is 0.0528. The van der Waals surface area contributed by atoms with Crippen LogP contribution in [0.15, 0.2) is 146 Å². The van der Waals surface area contributed by atoms with Crippen LogP contribution in [0, 0.1) is 0 Å². The van der Waals surface area contributed by atoms with Gasteiger partial charge in [-0.25, -0.2) is 19.9 Å². The third kappa shape index (κ3) is 11.6. The molecule has 0 unspecified atom stereocenters. The van der Waals surface area contributed by atoms with Crippen LogP contribution in [-0.2, 0) is 12.8 Å². The molecule has 0 aliphatic rings. The van der Waals surface area contributed by atoms with Crippen LogP contribution in [0.1, 0.15) is 76.3 Å². The lowest BCUT2D eigenvalue weighted by atomic mass is 10.0. The number of phenolic OH excluding ortho intramolecular Hbond substituents is 4. The molecule has 4 aromatic heterocycles. The summed E-state index contributed by atoms with van der Waals surface area (Å²) >= 11 is 0. The van der Waals surface area contributed by atoms with Gasteiger partial charge in [-0.05, 0) is 122 Å². The Hall–Kier alpha value is -7.72. The van der Waals surface area contributed by atoms with E-state index in [0.717, 1.165) is 47.9 Å². The number of pyridine rings is 4. The molecule has 4 heterocycles. The molecule has 348 valence electrons. The second kappa shape index (κ2) is 23.6. The lowest BCUT2D eigenvalue weighted by Gasteiger charge is -2.11. The third-order valence-electron chi connectivity index (χ3n) is 11.9. The van der Waals surface area contributed by atoms with Gasteiger partial charge < -0.3 is 29.9 Å². The Morgan fingerprint density at radius 3 is 0.912 bits per heavy atom. The molecule has 8 rings (SSSR count). The zero-order valence-electron chi connectivity index (χ0n) is 39.3. The number of ether oxygens (including phenoxy) is 2. The van der Waals surface area contributed by atoms with Crippen LogP contribution < -0.4 is 9.47 Å². The normalized spacial score (nSPS) is 10.9. The Labute approximate surface area is 399 Å². The SMILES string of the molecule is CCCCCCc1cccc(-c2cccc(-c3cccc(-c4cccc(OC)c4O)n3)n2)c1O.CCCCCCc1cccc(-c2cccc(-c3cccc(-c4cccc(OC)c4O)n3)n2)c1O. The molecule has 4 N–H and O–H groups in total. The average molecular weight is 909 g/mol. The van der Waals surface area contributed by atoms with E-state index in [0.29, 0.717) is 79.7 Å². The maximum atomic E-state index is 10.9. The number of para-hydroxylation sites is 4. The number of aryl methyl sites for hydroxylation is 2. The minimum Gasteiger partial charge on any atom is -0.507 e. The summed E-state index contributed by atoms with van der Waals surface area (Å²) in [7, 11) is 3.04. The molecular weight excluding hydrogens is 849 g/mol. The highest BCUT2D eigenvalue weighted by Crippen LogP contribution is 2.39. The Morgan fingerprint density at radius 1 is 0.324 bits per heavy atom. The summed E-state index contributed by atoms with van der Waals surface area (Å²) in [6.07, 6.45) is 11.0. The molecular formula is C58H60N4O6. The molecule has 0 aliphatic carbocycles. The van der Waals surface area contributed by atoms with E-state index in [2.05, 4.69) is 13.8 Å². The molecule has 0 atom stereocenters. The molecule has 0 saturated carbocycles. The summed E-state index contributed by atoms with van der Waals surface area (Å²) in [6.45, 7) is 4.39. The molecule has 0 fully saturated rings. The van der Waals surface area contributed by atoms with Crippen molar-refractivity contribution in [1.82, 2.24) is 19.9 Å². The molecule has 0 radical (unpaired) electrons. The topological polar surface area (TPSA) is 151 Å². The Bertz CT molecular complexity index is 2740. The molecule has 0 bridgehead atoms. The van der Waals surface area contributed by atoms with Crippen molar-refractivity contribution in [3.8, 4) is 102 Å². The number of benzene rings is 4. The monoisotopic (exact) mass is 908 g/mol. The zero-order valence-corrected chi connectivity index (χ0v) is 39.3. The highest BCUT2D eigenvalue weighted by molar-refractivity contribution is 5.76. The van der Waals surface area contributed by atoms with Gasteiger partial charge >= 0.3 is 0 Å². The number of hydrogen-bond acceptors (Lipinski definition) is 10. The van der Waals surface area contributed by atoms with Gasteiger partial charge in [-0.1, -0.05) is 113 Å². The van der Waals surface area contributed by atoms with Crippen LogP contribution in [0.4, 0.5) is 0 Å². The molecule has 10 heteroatoms. The predicted octanol–water partition coefficient (Wildman–Crippen LogP) is 14.0. The van der Waals surface area contributed by atoms with E-state index in [1.807, 2.05) is 121 Å². The van der Waals surface area contributed by atoms with E-state index < -0.39 is 0 Å². The van der Waals surface area contributed by atoms with Crippen molar-refractivity contribution in [2.75, 3.05) is 14.2 Å². The lowest BCUT2D eigenvalue weighted by Crippen LogP contribution is -1.94. The smallest absolute Gasteiger partial charge is 0.167 e. The fourth-order valence-electron chi connectivity index (χ4n) is 8.18. The Morgan fingerprint density at radius 2 is 0.603 bits per heavy atom. The van der Waals surface area contributed by atoms with E-state index in [-0.39, 0.29) is 11.5 Å². The number of methoxy groups -OCH3 is 2. The first kappa shape index (κ1) is 48.2. The van der Waals surface area contributed by atoms with Gasteiger partial charge in [0.25, 0.3) is 0 Å². The molecule has 8 aromatic rings. The molecule has 68 heavy (non-hydrogen) atoms. The van der Waals surface area contributed by atoms with Gasteiger partial charge in [-0.2, -0.15) is 0 Å².